The molecule has 20 heavy (non-hydrogen) atoms. The fourth-order valence-electron chi connectivity index (χ4n) is 2.40. The molecule has 1 rings (SSSR count). The van der Waals surface area contributed by atoms with Crippen molar-refractivity contribution in [3.63, 3.8) is 0 Å². The first-order valence-electron chi connectivity index (χ1n) is 7.60. The van der Waals surface area contributed by atoms with Crippen molar-refractivity contribution in [3.8, 4) is 0 Å². The second-order valence-corrected chi connectivity index (χ2v) is 6.89. The van der Waals surface area contributed by atoms with Crippen molar-refractivity contribution in [2.75, 3.05) is 39.9 Å². The number of unbranched alkanes of at least 4 members (excludes halogenated alkanes) is 1. The van der Waals surface area contributed by atoms with Gasteiger partial charge in [0.2, 0.25) is 0 Å². The zero-order valence-electron chi connectivity index (χ0n) is 12.7. The zero-order chi connectivity index (χ0) is 14.8. The van der Waals surface area contributed by atoms with Crippen molar-refractivity contribution in [2.45, 2.75) is 45.1 Å². The van der Waals surface area contributed by atoms with Gasteiger partial charge in [-0.15, -0.1) is 0 Å². The van der Waals surface area contributed by atoms with Crippen molar-refractivity contribution >= 4 is 10.2 Å². The summed E-state index contributed by atoms with van der Waals surface area (Å²) in [5.41, 5.74) is 0. The van der Waals surface area contributed by atoms with E-state index in [4.69, 9.17) is 4.74 Å². The van der Waals surface area contributed by atoms with Crippen LogP contribution in [0.25, 0.3) is 0 Å². The quantitative estimate of drug-likeness (QED) is 0.583. The molecule has 1 unspecified atom stereocenters. The van der Waals surface area contributed by atoms with E-state index < -0.39 is 10.2 Å². The standard InChI is InChI=1S/C13H29N3O3S/c1-3-4-10-19-11-8-15-20(17,18)16-9-6-5-7-13(16)12-14-2/h13-15H,3-12H2,1-2H3. The lowest BCUT2D eigenvalue weighted by atomic mass is 10.1. The van der Waals surface area contributed by atoms with Gasteiger partial charge in [0.1, 0.15) is 0 Å². The van der Waals surface area contributed by atoms with Crippen molar-refractivity contribution in [1.29, 1.82) is 0 Å². The second-order valence-electron chi connectivity index (χ2n) is 5.18. The van der Waals surface area contributed by atoms with Crippen LogP contribution in [0.2, 0.25) is 0 Å². The average Bonchev–Trinajstić information content (AvgIpc) is 2.43. The van der Waals surface area contributed by atoms with Gasteiger partial charge in [-0.2, -0.15) is 17.4 Å². The minimum absolute atomic E-state index is 0.0623. The van der Waals surface area contributed by atoms with E-state index in [0.717, 1.165) is 32.1 Å². The number of ether oxygens (including phenoxy) is 1. The molecule has 0 aromatic rings. The van der Waals surface area contributed by atoms with Gasteiger partial charge in [0, 0.05) is 32.3 Å². The predicted molar refractivity (Wildman–Crippen MR) is 80.9 cm³/mol. The lowest BCUT2D eigenvalue weighted by Gasteiger charge is -2.34. The highest BCUT2D eigenvalue weighted by molar-refractivity contribution is 7.87. The molecular weight excluding hydrogens is 278 g/mol. The summed E-state index contributed by atoms with van der Waals surface area (Å²) in [6.07, 6.45) is 5.07. The third-order valence-corrected chi connectivity index (χ3v) is 5.16. The molecule has 0 radical (unpaired) electrons. The summed E-state index contributed by atoms with van der Waals surface area (Å²) in [7, 11) is -1.53. The Balaban J connectivity index is 2.37. The highest BCUT2D eigenvalue weighted by Gasteiger charge is 2.31. The first-order chi connectivity index (χ1) is 9.61. The van der Waals surface area contributed by atoms with Crippen LogP contribution in [0.5, 0.6) is 0 Å². The molecule has 120 valence electrons. The van der Waals surface area contributed by atoms with Crippen molar-refractivity contribution < 1.29 is 13.2 Å². The zero-order valence-corrected chi connectivity index (χ0v) is 13.5. The Morgan fingerprint density at radius 3 is 2.80 bits per heavy atom. The maximum absolute atomic E-state index is 12.3. The molecule has 1 atom stereocenters. The van der Waals surface area contributed by atoms with Crippen LogP contribution >= 0.6 is 0 Å². The molecule has 1 saturated heterocycles. The van der Waals surface area contributed by atoms with Gasteiger partial charge in [0.05, 0.1) is 6.61 Å². The summed E-state index contributed by atoms with van der Waals surface area (Å²) in [5, 5.41) is 3.07. The molecule has 0 aromatic heterocycles. The van der Waals surface area contributed by atoms with E-state index in [2.05, 4.69) is 17.0 Å². The summed E-state index contributed by atoms with van der Waals surface area (Å²) in [4.78, 5) is 0. The Hall–Kier alpha value is -0.210. The van der Waals surface area contributed by atoms with Crippen LogP contribution in [0, 0.1) is 0 Å². The van der Waals surface area contributed by atoms with Gasteiger partial charge in [-0.05, 0) is 26.3 Å². The van der Waals surface area contributed by atoms with Crippen molar-refractivity contribution in [2.24, 2.45) is 0 Å². The fraction of sp³-hybridized carbons (Fsp3) is 1.00. The molecule has 1 heterocycles. The molecule has 7 heteroatoms. The Morgan fingerprint density at radius 1 is 1.30 bits per heavy atom. The molecule has 1 fully saturated rings. The Kier molecular flexibility index (Phi) is 8.63. The smallest absolute Gasteiger partial charge is 0.279 e. The molecule has 0 bridgehead atoms. The molecule has 1 aliphatic heterocycles. The van der Waals surface area contributed by atoms with Gasteiger partial charge >= 0.3 is 0 Å². The number of hydrogen-bond acceptors (Lipinski definition) is 4. The van der Waals surface area contributed by atoms with Gasteiger partial charge < -0.3 is 10.1 Å². The lowest BCUT2D eigenvalue weighted by molar-refractivity contribution is 0.135. The highest BCUT2D eigenvalue weighted by Crippen LogP contribution is 2.19. The Bertz CT molecular complexity index is 347. The predicted octanol–water partition coefficient (Wildman–Crippen LogP) is 0.711. The van der Waals surface area contributed by atoms with Crippen LogP contribution in [-0.2, 0) is 14.9 Å². The Morgan fingerprint density at radius 2 is 2.10 bits per heavy atom. The molecule has 2 N–H and O–H groups in total. The third-order valence-electron chi connectivity index (χ3n) is 3.49. The van der Waals surface area contributed by atoms with E-state index in [1.165, 1.54) is 0 Å². The monoisotopic (exact) mass is 307 g/mol. The van der Waals surface area contributed by atoms with Crippen molar-refractivity contribution in [3.05, 3.63) is 0 Å². The van der Waals surface area contributed by atoms with Crippen LogP contribution in [0.1, 0.15) is 39.0 Å². The van der Waals surface area contributed by atoms with Gasteiger partial charge in [-0.3, -0.25) is 0 Å². The number of likely N-dealkylation sites (N-methyl/N-ethyl adjacent to an activating group) is 1. The van der Waals surface area contributed by atoms with Crippen LogP contribution in [0.3, 0.4) is 0 Å². The van der Waals surface area contributed by atoms with E-state index in [1.54, 1.807) is 4.31 Å². The van der Waals surface area contributed by atoms with Gasteiger partial charge in [-0.25, -0.2) is 0 Å². The maximum atomic E-state index is 12.3. The highest BCUT2D eigenvalue weighted by atomic mass is 32.2. The molecule has 1 aliphatic rings. The van der Waals surface area contributed by atoms with Crippen LogP contribution in [-0.4, -0.2) is 58.7 Å². The van der Waals surface area contributed by atoms with Crippen LogP contribution in [0.15, 0.2) is 0 Å². The second kappa shape index (κ2) is 9.68. The van der Waals surface area contributed by atoms with Crippen LogP contribution in [0.4, 0.5) is 0 Å². The topological polar surface area (TPSA) is 70.7 Å². The van der Waals surface area contributed by atoms with Crippen LogP contribution < -0.4 is 10.0 Å². The largest absolute Gasteiger partial charge is 0.380 e. The number of nitrogens with one attached hydrogen (secondary N) is 2. The number of hydrogen-bond donors (Lipinski definition) is 2. The molecule has 0 saturated carbocycles. The summed E-state index contributed by atoms with van der Waals surface area (Å²) >= 11 is 0. The molecular formula is C13H29N3O3S. The number of nitrogens with zero attached hydrogens (tertiary/aromatic N) is 1. The van der Waals surface area contributed by atoms with Crippen molar-refractivity contribution in [1.82, 2.24) is 14.3 Å². The van der Waals surface area contributed by atoms with E-state index in [9.17, 15) is 8.42 Å². The Labute approximate surface area is 123 Å². The maximum Gasteiger partial charge on any atom is 0.279 e. The normalized spacial score (nSPS) is 21.2. The van der Waals surface area contributed by atoms with E-state index in [-0.39, 0.29) is 6.04 Å². The minimum Gasteiger partial charge on any atom is -0.380 e. The molecule has 0 amide bonds. The van der Waals surface area contributed by atoms with E-state index in [1.807, 2.05) is 7.05 Å². The third kappa shape index (κ3) is 6.05. The SMILES string of the molecule is CCCCOCCNS(=O)(=O)N1CCCCC1CNC. The minimum atomic E-state index is -3.38. The average molecular weight is 307 g/mol. The first-order valence-corrected chi connectivity index (χ1v) is 9.04. The number of piperidine rings is 1. The lowest BCUT2D eigenvalue weighted by Crippen LogP contribution is -2.52. The van der Waals surface area contributed by atoms with Gasteiger partial charge in [-0.1, -0.05) is 19.8 Å². The molecule has 0 spiro atoms. The molecule has 0 aromatic carbocycles. The number of rotatable bonds is 10. The molecule has 0 aliphatic carbocycles. The summed E-state index contributed by atoms with van der Waals surface area (Å²) in [5.74, 6) is 0. The first kappa shape index (κ1) is 17.8. The van der Waals surface area contributed by atoms with Gasteiger partial charge in [0.15, 0.2) is 0 Å². The van der Waals surface area contributed by atoms with Gasteiger partial charge in [0.25, 0.3) is 10.2 Å². The van der Waals surface area contributed by atoms with E-state index >= 15 is 0 Å². The summed E-state index contributed by atoms with van der Waals surface area (Å²) in [6.45, 7) is 4.89. The van der Waals surface area contributed by atoms with E-state index in [0.29, 0.717) is 32.8 Å². The summed E-state index contributed by atoms with van der Waals surface area (Å²) < 4.78 is 34.2. The summed E-state index contributed by atoms with van der Waals surface area (Å²) in [6, 6.07) is 0.0623. The molecule has 6 nitrogen and oxygen atoms in total. The fourth-order valence-corrected chi connectivity index (χ4v) is 3.85.